The van der Waals surface area contributed by atoms with Gasteiger partial charge in [0.25, 0.3) is 0 Å². The van der Waals surface area contributed by atoms with Crippen LogP contribution in [0.1, 0.15) is 31.9 Å². The van der Waals surface area contributed by atoms with Crippen LogP contribution in [0.2, 0.25) is 0 Å². The van der Waals surface area contributed by atoms with Gasteiger partial charge in [0.2, 0.25) is 0 Å². The van der Waals surface area contributed by atoms with Gasteiger partial charge in [-0.25, -0.2) is 0 Å². The maximum atomic E-state index is 5.26. The number of hydrogen-bond donors (Lipinski definition) is 1. The van der Waals surface area contributed by atoms with E-state index in [4.69, 9.17) is 4.74 Å². The van der Waals surface area contributed by atoms with E-state index in [1.807, 2.05) is 19.2 Å². The molecule has 0 saturated heterocycles. The summed E-state index contributed by atoms with van der Waals surface area (Å²) in [6, 6.07) is 6.46. The predicted molar refractivity (Wildman–Crippen MR) is 71.9 cm³/mol. The Hall–Kier alpha value is -0.540. The van der Waals surface area contributed by atoms with Crippen molar-refractivity contribution in [2.24, 2.45) is 5.92 Å². The molecule has 0 aromatic heterocycles. The molecule has 1 aromatic carbocycles. The van der Waals surface area contributed by atoms with Gasteiger partial charge in [-0.15, -0.1) is 0 Å². The summed E-state index contributed by atoms with van der Waals surface area (Å²) in [5.41, 5.74) is 1.26. The average Bonchev–Trinajstić information content (AvgIpc) is 2.26. The second-order valence-electron chi connectivity index (χ2n) is 4.36. The summed E-state index contributed by atoms with van der Waals surface area (Å²) in [7, 11) is 3.70. The Morgan fingerprint density at radius 3 is 2.56 bits per heavy atom. The molecule has 1 aromatic rings. The molecule has 3 heteroatoms. The zero-order valence-corrected chi connectivity index (χ0v) is 12.0. The Morgan fingerprint density at radius 1 is 1.38 bits per heavy atom. The maximum absolute atomic E-state index is 5.26. The molecule has 16 heavy (non-hydrogen) atoms. The summed E-state index contributed by atoms with van der Waals surface area (Å²) in [4.78, 5) is 0. The van der Waals surface area contributed by atoms with Crippen LogP contribution in [-0.4, -0.2) is 14.2 Å². The quantitative estimate of drug-likeness (QED) is 0.889. The summed E-state index contributed by atoms with van der Waals surface area (Å²) < 4.78 is 6.39. The van der Waals surface area contributed by atoms with E-state index in [1.165, 1.54) is 5.56 Å². The van der Waals surface area contributed by atoms with Crippen molar-refractivity contribution >= 4 is 15.9 Å². The van der Waals surface area contributed by atoms with Gasteiger partial charge in [-0.3, -0.25) is 0 Å². The second-order valence-corrected chi connectivity index (χ2v) is 5.21. The highest BCUT2D eigenvalue weighted by Gasteiger charge is 2.14. The minimum Gasteiger partial charge on any atom is -0.497 e. The molecule has 1 rings (SSSR count). The highest BCUT2D eigenvalue weighted by Crippen LogP contribution is 2.30. The molecular weight excluding hydrogens is 266 g/mol. The van der Waals surface area contributed by atoms with E-state index in [0.717, 1.165) is 16.6 Å². The Balaban J connectivity index is 2.98. The number of nitrogens with one attached hydrogen (secondary N) is 1. The number of rotatable bonds is 5. The summed E-state index contributed by atoms with van der Waals surface area (Å²) in [6.07, 6.45) is 1.11. The van der Waals surface area contributed by atoms with E-state index in [2.05, 4.69) is 41.2 Å². The Kier molecular flexibility index (Phi) is 5.29. The van der Waals surface area contributed by atoms with Crippen LogP contribution in [-0.2, 0) is 0 Å². The molecule has 0 aliphatic carbocycles. The molecular formula is C13H20BrNO. The summed E-state index contributed by atoms with van der Waals surface area (Å²) in [6.45, 7) is 4.47. The minimum absolute atomic E-state index is 0.365. The van der Waals surface area contributed by atoms with Crippen LogP contribution in [0.25, 0.3) is 0 Å². The van der Waals surface area contributed by atoms with E-state index in [0.29, 0.717) is 12.0 Å². The highest BCUT2D eigenvalue weighted by molar-refractivity contribution is 9.10. The molecule has 0 amide bonds. The fourth-order valence-electron chi connectivity index (χ4n) is 1.79. The standard InChI is InChI=1S/C13H20BrNO/c1-9(2)7-13(15-3)11-8-10(16-4)5-6-12(11)14/h5-6,8-9,13,15H,7H2,1-4H3. The first-order valence-electron chi connectivity index (χ1n) is 5.59. The molecule has 90 valence electrons. The number of hydrogen-bond acceptors (Lipinski definition) is 2. The van der Waals surface area contributed by atoms with Gasteiger partial charge < -0.3 is 10.1 Å². The van der Waals surface area contributed by atoms with Crippen LogP contribution in [0.3, 0.4) is 0 Å². The number of benzene rings is 1. The predicted octanol–water partition coefficient (Wildman–Crippen LogP) is 3.76. The maximum Gasteiger partial charge on any atom is 0.119 e. The minimum atomic E-state index is 0.365. The van der Waals surface area contributed by atoms with Crippen LogP contribution < -0.4 is 10.1 Å². The first kappa shape index (κ1) is 13.5. The summed E-state index contributed by atoms with van der Waals surface area (Å²) in [5.74, 6) is 1.57. The molecule has 0 bridgehead atoms. The molecule has 0 saturated carbocycles. The monoisotopic (exact) mass is 285 g/mol. The van der Waals surface area contributed by atoms with E-state index in [-0.39, 0.29) is 0 Å². The molecule has 1 unspecified atom stereocenters. The van der Waals surface area contributed by atoms with Crippen molar-refractivity contribution in [3.8, 4) is 5.75 Å². The average molecular weight is 286 g/mol. The third-order valence-corrected chi connectivity index (χ3v) is 3.36. The SMILES string of the molecule is CNC(CC(C)C)c1cc(OC)ccc1Br. The molecule has 0 spiro atoms. The van der Waals surface area contributed by atoms with Crippen molar-refractivity contribution in [3.63, 3.8) is 0 Å². The van der Waals surface area contributed by atoms with Gasteiger partial charge in [-0.2, -0.15) is 0 Å². The van der Waals surface area contributed by atoms with E-state index in [9.17, 15) is 0 Å². The lowest BCUT2D eigenvalue weighted by molar-refractivity contribution is 0.410. The topological polar surface area (TPSA) is 21.3 Å². The second kappa shape index (κ2) is 6.26. The van der Waals surface area contributed by atoms with Gasteiger partial charge in [-0.1, -0.05) is 29.8 Å². The fraction of sp³-hybridized carbons (Fsp3) is 0.538. The molecule has 2 nitrogen and oxygen atoms in total. The molecule has 1 atom stereocenters. The highest BCUT2D eigenvalue weighted by atomic mass is 79.9. The first-order chi connectivity index (χ1) is 7.58. The number of ether oxygens (including phenoxy) is 1. The number of methoxy groups -OCH3 is 1. The zero-order valence-electron chi connectivity index (χ0n) is 10.4. The van der Waals surface area contributed by atoms with E-state index >= 15 is 0 Å². The van der Waals surface area contributed by atoms with Crippen molar-refractivity contribution in [3.05, 3.63) is 28.2 Å². The third kappa shape index (κ3) is 3.49. The van der Waals surface area contributed by atoms with Gasteiger partial charge >= 0.3 is 0 Å². The Labute approximate surface area is 107 Å². The van der Waals surface area contributed by atoms with Crippen molar-refractivity contribution in [1.29, 1.82) is 0 Å². The fourth-order valence-corrected chi connectivity index (χ4v) is 2.31. The van der Waals surface area contributed by atoms with Gasteiger partial charge in [0, 0.05) is 10.5 Å². The first-order valence-corrected chi connectivity index (χ1v) is 6.38. The Morgan fingerprint density at radius 2 is 2.06 bits per heavy atom. The van der Waals surface area contributed by atoms with Crippen LogP contribution in [0.15, 0.2) is 22.7 Å². The van der Waals surface area contributed by atoms with Crippen LogP contribution in [0.5, 0.6) is 5.75 Å². The van der Waals surface area contributed by atoms with Gasteiger partial charge in [0.15, 0.2) is 0 Å². The lowest BCUT2D eigenvalue weighted by atomic mass is 9.97. The zero-order chi connectivity index (χ0) is 12.1. The van der Waals surface area contributed by atoms with Crippen LogP contribution >= 0.6 is 15.9 Å². The smallest absolute Gasteiger partial charge is 0.119 e. The lowest BCUT2D eigenvalue weighted by Crippen LogP contribution is -2.18. The normalized spacial score (nSPS) is 12.9. The molecule has 0 aliphatic heterocycles. The van der Waals surface area contributed by atoms with Crippen LogP contribution in [0, 0.1) is 5.92 Å². The van der Waals surface area contributed by atoms with Gasteiger partial charge in [0.1, 0.15) is 5.75 Å². The molecule has 0 aliphatic rings. The largest absolute Gasteiger partial charge is 0.497 e. The van der Waals surface area contributed by atoms with Crippen LogP contribution in [0.4, 0.5) is 0 Å². The molecule has 0 heterocycles. The summed E-state index contributed by atoms with van der Waals surface area (Å²) >= 11 is 3.60. The van der Waals surface area contributed by atoms with Crippen molar-refractivity contribution in [2.75, 3.05) is 14.2 Å². The summed E-state index contributed by atoms with van der Waals surface area (Å²) in [5, 5.41) is 3.36. The van der Waals surface area contributed by atoms with Crippen molar-refractivity contribution in [2.45, 2.75) is 26.3 Å². The van der Waals surface area contributed by atoms with Crippen molar-refractivity contribution in [1.82, 2.24) is 5.32 Å². The molecule has 0 radical (unpaired) electrons. The van der Waals surface area contributed by atoms with Gasteiger partial charge in [-0.05, 0) is 43.1 Å². The van der Waals surface area contributed by atoms with E-state index < -0.39 is 0 Å². The third-order valence-electron chi connectivity index (χ3n) is 2.63. The van der Waals surface area contributed by atoms with Gasteiger partial charge in [0.05, 0.1) is 7.11 Å². The lowest BCUT2D eigenvalue weighted by Gasteiger charge is -2.20. The Bertz CT molecular complexity index is 339. The molecule has 1 N–H and O–H groups in total. The van der Waals surface area contributed by atoms with E-state index in [1.54, 1.807) is 7.11 Å². The number of halogens is 1. The molecule has 0 fully saturated rings. The van der Waals surface area contributed by atoms with Crippen molar-refractivity contribution < 1.29 is 4.74 Å².